The van der Waals surface area contributed by atoms with Gasteiger partial charge >= 0.3 is 11.9 Å². The number of fused-ring (bicyclic) bond motifs is 1. The lowest BCUT2D eigenvalue weighted by Crippen LogP contribution is -2.45. The molecule has 192 valence electrons. The molecule has 2 N–H and O–H groups in total. The van der Waals surface area contributed by atoms with Crippen LogP contribution in [0.1, 0.15) is 67.3 Å². The first-order valence-corrected chi connectivity index (χ1v) is 13.2. The summed E-state index contributed by atoms with van der Waals surface area (Å²) in [6.45, 7) is 0.657. The number of benzene rings is 3. The molecule has 0 atom stereocenters. The van der Waals surface area contributed by atoms with Crippen molar-refractivity contribution < 1.29 is 24.6 Å². The number of hydrogen-bond donors (Lipinski definition) is 2. The summed E-state index contributed by atoms with van der Waals surface area (Å²) < 4.78 is 0. The number of carbonyl (C=O) groups excluding carboxylic acids is 1. The topological polar surface area (TPSA) is 94.9 Å². The van der Waals surface area contributed by atoms with Crippen molar-refractivity contribution in [2.45, 2.75) is 57.9 Å². The van der Waals surface area contributed by atoms with Crippen LogP contribution in [0.25, 0.3) is 21.9 Å². The zero-order valence-corrected chi connectivity index (χ0v) is 21.0. The Bertz CT molecular complexity index is 1330. The Morgan fingerprint density at radius 1 is 0.838 bits per heavy atom. The summed E-state index contributed by atoms with van der Waals surface area (Å²) in [5.74, 6) is -1.67. The predicted octanol–water partition coefficient (Wildman–Crippen LogP) is 6.37. The molecule has 6 heteroatoms. The van der Waals surface area contributed by atoms with Crippen LogP contribution in [0.3, 0.4) is 0 Å². The Labute approximate surface area is 216 Å². The molecule has 0 radical (unpaired) electrons. The van der Waals surface area contributed by atoms with Crippen LogP contribution in [0.2, 0.25) is 0 Å². The quantitative estimate of drug-likeness (QED) is 0.376. The Kier molecular flexibility index (Phi) is 7.00. The van der Waals surface area contributed by atoms with Crippen LogP contribution in [0.5, 0.6) is 0 Å². The largest absolute Gasteiger partial charge is 0.481 e. The molecule has 0 unspecified atom stereocenters. The molecule has 2 saturated carbocycles. The molecule has 2 fully saturated rings. The highest BCUT2D eigenvalue weighted by atomic mass is 16.4. The second-order valence-corrected chi connectivity index (χ2v) is 10.7. The molecule has 3 aromatic carbocycles. The number of carbonyl (C=O) groups is 3. The first-order chi connectivity index (χ1) is 17.9. The van der Waals surface area contributed by atoms with Gasteiger partial charge in [0.1, 0.15) is 0 Å². The van der Waals surface area contributed by atoms with Crippen LogP contribution in [0.15, 0.2) is 60.7 Å². The Hall–Kier alpha value is -3.67. The molecule has 0 aliphatic heterocycles. The van der Waals surface area contributed by atoms with Crippen molar-refractivity contribution in [2.75, 3.05) is 6.54 Å². The molecule has 6 nitrogen and oxygen atoms in total. The van der Waals surface area contributed by atoms with Crippen LogP contribution in [-0.4, -0.2) is 39.5 Å². The van der Waals surface area contributed by atoms with Gasteiger partial charge < -0.3 is 15.1 Å². The number of aromatic carboxylic acids is 1. The summed E-state index contributed by atoms with van der Waals surface area (Å²) in [7, 11) is 0. The fraction of sp³-hybridized carbons (Fsp3) is 0.387. The van der Waals surface area contributed by atoms with Gasteiger partial charge in [0.25, 0.3) is 0 Å². The molecule has 0 bridgehead atoms. The number of hydrogen-bond acceptors (Lipinski definition) is 3. The minimum atomic E-state index is -0.959. The Morgan fingerprint density at radius 3 is 2.22 bits per heavy atom. The van der Waals surface area contributed by atoms with Gasteiger partial charge in [0.15, 0.2) is 0 Å². The molecule has 2 aliphatic carbocycles. The standard InChI is InChI=1S/C31H33NO5/c33-28(22-7-1-2-8-22)32(20-31(30(36)37)15-5-6-16-31)19-21-11-12-24-18-25(14-13-23(24)17-21)26-9-3-4-10-27(26)29(34)35/h3-4,9-14,17-18,22H,1-2,5-8,15-16,19-20H2,(H,34,35)(H,36,37). The number of carboxylic acid groups (broad SMARTS) is 2. The SMILES string of the molecule is O=C(O)c1ccccc1-c1ccc2cc(CN(CC3(C(=O)O)CCCC3)C(=O)C3CCCC3)ccc2c1. The lowest BCUT2D eigenvalue weighted by Gasteiger charge is -2.34. The van der Waals surface area contributed by atoms with E-state index in [0.29, 0.717) is 24.9 Å². The van der Waals surface area contributed by atoms with Crippen LogP contribution >= 0.6 is 0 Å². The molecule has 2 aliphatic rings. The van der Waals surface area contributed by atoms with Crippen molar-refractivity contribution in [3.8, 4) is 11.1 Å². The van der Waals surface area contributed by atoms with Gasteiger partial charge in [-0.15, -0.1) is 0 Å². The van der Waals surface area contributed by atoms with Gasteiger partial charge in [0, 0.05) is 19.0 Å². The molecule has 3 aromatic rings. The lowest BCUT2D eigenvalue weighted by atomic mass is 9.85. The van der Waals surface area contributed by atoms with E-state index in [9.17, 15) is 24.6 Å². The highest BCUT2D eigenvalue weighted by Gasteiger charge is 2.44. The maximum Gasteiger partial charge on any atom is 0.336 e. The summed E-state index contributed by atoms with van der Waals surface area (Å²) in [6.07, 6.45) is 6.89. The molecule has 5 rings (SSSR count). The summed E-state index contributed by atoms with van der Waals surface area (Å²) in [6, 6.07) is 18.9. The van der Waals surface area contributed by atoms with E-state index in [0.717, 1.165) is 60.4 Å². The van der Waals surface area contributed by atoms with Crippen LogP contribution in [0.4, 0.5) is 0 Å². The van der Waals surface area contributed by atoms with Crippen LogP contribution < -0.4 is 0 Å². The summed E-state index contributed by atoms with van der Waals surface area (Å²) >= 11 is 0. The third-order valence-corrected chi connectivity index (χ3v) is 8.27. The maximum atomic E-state index is 13.5. The summed E-state index contributed by atoms with van der Waals surface area (Å²) in [5, 5.41) is 21.6. The van der Waals surface area contributed by atoms with Gasteiger partial charge in [-0.2, -0.15) is 0 Å². The van der Waals surface area contributed by atoms with E-state index in [1.54, 1.807) is 12.1 Å². The van der Waals surface area contributed by atoms with Gasteiger partial charge in [-0.05, 0) is 71.3 Å². The highest BCUT2D eigenvalue weighted by Crippen LogP contribution is 2.40. The third kappa shape index (κ3) is 5.10. The van der Waals surface area contributed by atoms with Gasteiger partial charge in [-0.25, -0.2) is 4.79 Å². The van der Waals surface area contributed by atoms with Crippen LogP contribution in [-0.2, 0) is 16.1 Å². The molecule has 0 spiro atoms. The zero-order chi connectivity index (χ0) is 26.0. The third-order valence-electron chi connectivity index (χ3n) is 8.27. The van der Waals surface area contributed by atoms with Gasteiger partial charge in [0.05, 0.1) is 11.0 Å². The fourth-order valence-corrected chi connectivity index (χ4v) is 6.20. The van der Waals surface area contributed by atoms with Gasteiger partial charge in [-0.1, -0.05) is 68.1 Å². The van der Waals surface area contributed by atoms with E-state index in [1.165, 1.54) is 0 Å². The van der Waals surface area contributed by atoms with Gasteiger partial charge in [0.2, 0.25) is 5.91 Å². The minimum Gasteiger partial charge on any atom is -0.481 e. The second kappa shape index (κ2) is 10.4. The molecule has 0 heterocycles. The maximum absolute atomic E-state index is 13.5. The first-order valence-electron chi connectivity index (χ1n) is 13.2. The second-order valence-electron chi connectivity index (χ2n) is 10.7. The van der Waals surface area contributed by atoms with Crippen LogP contribution in [0, 0.1) is 11.3 Å². The number of aliphatic carboxylic acids is 1. The number of amides is 1. The molecular formula is C31H33NO5. The van der Waals surface area contributed by atoms with E-state index in [4.69, 9.17) is 0 Å². The van der Waals surface area contributed by atoms with Crippen molar-refractivity contribution in [3.63, 3.8) is 0 Å². The zero-order valence-electron chi connectivity index (χ0n) is 21.0. The smallest absolute Gasteiger partial charge is 0.336 e. The van der Waals surface area contributed by atoms with Crippen molar-refractivity contribution in [1.82, 2.24) is 4.90 Å². The molecule has 0 aromatic heterocycles. The Balaban J connectivity index is 1.43. The van der Waals surface area contributed by atoms with E-state index in [-0.39, 0.29) is 23.9 Å². The number of carboxylic acids is 2. The summed E-state index contributed by atoms with van der Waals surface area (Å²) in [5.41, 5.74) is 1.89. The van der Waals surface area contributed by atoms with Crippen molar-refractivity contribution in [1.29, 1.82) is 0 Å². The molecule has 0 saturated heterocycles. The summed E-state index contributed by atoms with van der Waals surface area (Å²) in [4.78, 5) is 39.3. The van der Waals surface area contributed by atoms with Crippen molar-refractivity contribution in [2.24, 2.45) is 11.3 Å². The van der Waals surface area contributed by atoms with Gasteiger partial charge in [-0.3, -0.25) is 9.59 Å². The molecule has 37 heavy (non-hydrogen) atoms. The monoisotopic (exact) mass is 499 g/mol. The number of rotatable bonds is 8. The highest BCUT2D eigenvalue weighted by molar-refractivity contribution is 5.98. The fourth-order valence-electron chi connectivity index (χ4n) is 6.20. The number of nitrogens with zero attached hydrogens (tertiary/aromatic N) is 1. The Morgan fingerprint density at radius 2 is 1.51 bits per heavy atom. The lowest BCUT2D eigenvalue weighted by molar-refractivity contribution is -0.152. The van der Waals surface area contributed by atoms with Crippen molar-refractivity contribution in [3.05, 3.63) is 71.8 Å². The molecular weight excluding hydrogens is 466 g/mol. The average Bonchev–Trinajstić information content (AvgIpc) is 3.61. The predicted molar refractivity (Wildman–Crippen MR) is 142 cm³/mol. The van der Waals surface area contributed by atoms with E-state index in [2.05, 4.69) is 6.07 Å². The van der Waals surface area contributed by atoms with E-state index < -0.39 is 17.4 Å². The van der Waals surface area contributed by atoms with E-state index in [1.807, 2.05) is 47.4 Å². The van der Waals surface area contributed by atoms with Crippen molar-refractivity contribution >= 4 is 28.6 Å². The minimum absolute atomic E-state index is 0.00966. The normalized spacial score (nSPS) is 17.2. The molecule has 1 amide bonds. The average molecular weight is 500 g/mol. The van der Waals surface area contributed by atoms with E-state index >= 15 is 0 Å². The first kappa shape index (κ1) is 25.0.